The molecule has 0 spiro atoms. The number of nitrogens with one attached hydrogen (secondary N) is 3. The summed E-state index contributed by atoms with van der Waals surface area (Å²) in [7, 11) is 0. The van der Waals surface area contributed by atoms with E-state index in [1.165, 1.54) is 21.8 Å². The Balaban J connectivity index is 1.43. The lowest BCUT2D eigenvalue weighted by Gasteiger charge is -2.39. The van der Waals surface area contributed by atoms with Gasteiger partial charge < -0.3 is 20.0 Å². The molecule has 0 aromatic heterocycles. The number of nitrogens with zero attached hydrogens (tertiary/aromatic N) is 1. The van der Waals surface area contributed by atoms with Crippen molar-refractivity contribution in [2.24, 2.45) is 0 Å². The van der Waals surface area contributed by atoms with E-state index < -0.39 is 0 Å². The fraction of sp³-hybridized carbons (Fsp3) is 0.652. The molecule has 160 valence electrons. The molecule has 1 aromatic carbocycles. The maximum Gasteiger partial charge on any atom is 0.279 e. The van der Waals surface area contributed by atoms with E-state index in [1.54, 1.807) is 0 Å². The van der Waals surface area contributed by atoms with E-state index in [0.717, 1.165) is 50.3 Å². The van der Waals surface area contributed by atoms with Crippen molar-refractivity contribution in [2.45, 2.75) is 59.0 Å². The number of aryl methyl sites for hydroxylation is 1. The number of rotatable bonds is 5. The Morgan fingerprint density at radius 1 is 1.00 bits per heavy atom. The van der Waals surface area contributed by atoms with E-state index in [1.807, 2.05) is 19.1 Å². The SMILES string of the molecule is Cc1cccc(NC(=O)C[NH+]2CC[NH+](CC(=O)N3[C@H](C)CCC[C@@H]3C)CC2)c1C. The topological polar surface area (TPSA) is 58.3 Å². The van der Waals surface area contributed by atoms with Gasteiger partial charge in [0.1, 0.15) is 26.2 Å². The van der Waals surface area contributed by atoms with Crippen LogP contribution < -0.4 is 15.1 Å². The number of piperidine rings is 1. The molecule has 0 unspecified atom stereocenters. The molecule has 2 atom stereocenters. The van der Waals surface area contributed by atoms with Crippen LogP contribution in [0.1, 0.15) is 44.2 Å². The van der Waals surface area contributed by atoms with Crippen LogP contribution in [0, 0.1) is 13.8 Å². The van der Waals surface area contributed by atoms with Crippen molar-refractivity contribution in [1.29, 1.82) is 0 Å². The second kappa shape index (κ2) is 9.72. The second-order valence-electron chi connectivity index (χ2n) is 9.08. The molecule has 2 amide bonds. The fourth-order valence-corrected chi connectivity index (χ4v) is 4.84. The number of anilines is 1. The molecular formula is C23H38N4O2+2. The van der Waals surface area contributed by atoms with Crippen molar-refractivity contribution in [1.82, 2.24) is 4.90 Å². The number of amides is 2. The van der Waals surface area contributed by atoms with Gasteiger partial charge in [-0.3, -0.25) is 9.59 Å². The lowest BCUT2D eigenvalue weighted by Crippen LogP contribution is -3.28. The normalized spacial score (nSPS) is 27.5. The predicted molar refractivity (Wildman–Crippen MR) is 115 cm³/mol. The maximum atomic E-state index is 12.8. The third-order valence-electron chi connectivity index (χ3n) is 6.84. The van der Waals surface area contributed by atoms with Crippen LogP contribution in [-0.2, 0) is 9.59 Å². The number of quaternary nitrogens is 2. The summed E-state index contributed by atoms with van der Waals surface area (Å²) in [4.78, 5) is 30.1. The van der Waals surface area contributed by atoms with Crippen molar-refractivity contribution >= 4 is 17.5 Å². The van der Waals surface area contributed by atoms with Crippen molar-refractivity contribution in [3.8, 4) is 0 Å². The van der Waals surface area contributed by atoms with Gasteiger partial charge in [0.25, 0.3) is 11.8 Å². The van der Waals surface area contributed by atoms with Crippen LogP contribution >= 0.6 is 0 Å². The Labute approximate surface area is 175 Å². The smallest absolute Gasteiger partial charge is 0.279 e. The Morgan fingerprint density at radius 2 is 1.59 bits per heavy atom. The first-order chi connectivity index (χ1) is 13.8. The fourth-order valence-electron chi connectivity index (χ4n) is 4.84. The maximum absolute atomic E-state index is 12.8. The predicted octanol–water partition coefficient (Wildman–Crippen LogP) is -0.185. The van der Waals surface area contributed by atoms with Crippen molar-refractivity contribution in [2.75, 3.05) is 44.6 Å². The molecule has 6 nitrogen and oxygen atoms in total. The van der Waals surface area contributed by atoms with Crippen LogP contribution in [0.3, 0.4) is 0 Å². The average molecular weight is 403 g/mol. The molecular weight excluding hydrogens is 364 g/mol. The van der Waals surface area contributed by atoms with E-state index in [4.69, 9.17) is 0 Å². The van der Waals surface area contributed by atoms with Crippen LogP contribution in [0.2, 0.25) is 0 Å². The highest BCUT2D eigenvalue weighted by molar-refractivity contribution is 5.92. The lowest BCUT2D eigenvalue weighted by atomic mass is 9.97. The Morgan fingerprint density at radius 3 is 2.21 bits per heavy atom. The van der Waals surface area contributed by atoms with E-state index in [-0.39, 0.29) is 5.91 Å². The van der Waals surface area contributed by atoms with Gasteiger partial charge in [0.05, 0.1) is 0 Å². The Kier molecular flexibility index (Phi) is 7.30. The summed E-state index contributed by atoms with van der Waals surface area (Å²) >= 11 is 0. The highest BCUT2D eigenvalue weighted by atomic mass is 16.2. The van der Waals surface area contributed by atoms with E-state index in [0.29, 0.717) is 31.1 Å². The number of piperazine rings is 1. The van der Waals surface area contributed by atoms with Crippen LogP contribution in [0.25, 0.3) is 0 Å². The highest BCUT2D eigenvalue weighted by Crippen LogP contribution is 2.22. The molecule has 2 fully saturated rings. The zero-order valence-electron chi connectivity index (χ0n) is 18.5. The van der Waals surface area contributed by atoms with Crippen LogP contribution in [0.15, 0.2) is 18.2 Å². The van der Waals surface area contributed by atoms with E-state index in [9.17, 15) is 9.59 Å². The average Bonchev–Trinajstić information content (AvgIpc) is 2.67. The standard InChI is InChI=1S/C23H36N4O2/c1-17-7-5-10-21(20(17)4)24-22(28)15-25-11-13-26(14-12-25)16-23(29)27-18(2)8-6-9-19(27)3/h5,7,10,18-19H,6,8-9,11-16H2,1-4H3,(H,24,28)/p+2/t18-,19+. The summed E-state index contributed by atoms with van der Waals surface area (Å²) in [6.07, 6.45) is 3.48. The summed E-state index contributed by atoms with van der Waals surface area (Å²) in [5.41, 5.74) is 3.23. The second-order valence-corrected chi connectivity index (χ2v) is 9.08. The largest absolute Gasteiger partial charge is 0.332 e. The Hall–Kier alpha value is -1.92. The molecule has 3 rings (SSSR count). The number of carbonyl (C=O) groups is 2. The minimum Gasteiger partial charge on any atom is -0.332 e. The van der Waals surface area contributed by atoms with Gasteiger partial charge in [0.2, 0.25) is 0 Å². The van der Waals surface area contributed by atoms with Crippen molar-refractivity contribution < 1.29 is 19.4 Å². The number of likely N-dealkylation sites (tertiary alicyclic amines) is 1. The number of benzene rings is 1. The van der Waals surface area contributed by atoms with Crippen molar-refractivity contribution in [3.05, 3.63) is 29.3 Å². The molecule has 2 heterocycles. The molecule has 29 heavy (non-hydrogen) atoms. The summed E-state index contributed by atoms with van der Waals surface area (Å²) in [5.74, 6) is 0.375. The molecule has 0 radical (unpaired) electrons. The molecule has 3 N–H and O–H groups in total. The van der Waals surface area contributed by atoms with Gasteiger partial charge in [-0.05, 0) is 64.2 Å². The van der Waals surface area contributed by atoms with Crippen LogP contribution in [0.4, 0.5) is 5.69 Å². The van der Waals surface area contributed by atoms with Gasteiger partial charge in [-0.2, -0.15) is 0 Å². The van der Waals surface area contributed by atoms with Crippen LogP contribution in [-0.4, -0.2) is 68.1 Å². The number of carbonyl (C=O) groups excluding carboxylic acids is 2. The van der Waals surface area contributed by atoms with Gasteiger partial charge in [-0.15, -0.1) is 0 Å². The lowest BCUT2D eigenvalue weighted by molar-refractivity contribution is -1.00. The van der Waals surface area contributed by atoms with Gasteiger partial charge in [0.15, 0.2) is 13.1 Å². The third-order valence-corrected chi connectivity index (χ3v) is 6.84. The minimum absolute atomic E-state index is 0.0733. The third kappa shape index (κ3) is 5.58. The van der Waals surface area contributed by atoms with E-state index in [2.05, 4.69) is 37.1 Å². The van der Waals surface area contributed by atoms with Gasteiger partial charge in [-0.25, -0.2) is 0 Å². The minimum atomic E-state index is 0.0733. The Bertz CT molecular complexity index is 718. The molecule has 2 aliphatic rings. The molecule has 0 aliphatic carbocycles. The van der Waals surface area contributed by atoms with Gasteiger partial charge in [0, 0.05) is 17.8 Å². The molecule has 0 bridgehead atoms. The first-order valence-electron chi connectivity index (χ1n) is 11.2. The zero-order valence-corrected chi connectivity index (χ0v) is 18.5. The highest BCUT2D eigenvalue weighted by Gasteiger charge is 2.33. The first kappa shape index (κ1) is 21.8. The van der Waals surface area contributed by atoms with Crippen molar-refractivity contribution in [3.63, 3.8) is 0 Å². The summed E-state index contributed by atoms with van der Waals surface area (Å²) in [6.45, 7) is 13.3. The quantitative estimate of drug-likeness (QED) is 0.640. The molecule has 2 aliphatic heterocycles. The summed E-state index contributed by atoms with van der Waals surface area (Å²) in [5, 5.41) is 3.07. The zero-order chi connectivity index (χ0) is 21.0. The van der Waals surface area contributed by atoms with Gasteiger partial charge >= 0.3 is 0 Å². The molecule has 1 aromatic rings. The molecule has 0 saturated carbocycles. The summed E-state index contributed by atoms with van der Waals surface area (Å²) < 4.78 is 0. The number of hydrogen-bond acceptors (Lipinski definition) is 2. The van der Waals surface area contributed by atoms with Crippen LogP contribution in [0.5, 0.6) is 0 Å². The molecule has 6 heteroatoms. The molecule has 2 saturated heterocycles. The number of hydrogen-bond donors (Lipinski definition) is 3. The van der Waals surface area contributed by atoms with Gasteiger partial charge in [-0.1, -0.05) is 12.1 Å². The summed E-state index contributed by atoms with van der Waals surface area (Å²) in [6, 6.07) is 6.74. The monoisotopic (exact) mass is 402 g/mol. The van der Waals surface area contributed by atoms with E-state index >= 15 is 0 Å². The first-order valence-corrected chi connectivity index (χ1v) is 11.2.